The van der Waals surface area contributed by atoms with Crippen LogP contribution in [0.2, 0.25) is 0 Å². The van der Waals surface area contributed by atoms with E-state index < -0.39 is 0 Å². The molecule has 0 amide bonds. The minimum absolute atomic E-state index is 0.0310. The van der Waals surface area contributed by atoms with Crippen LogP contribution in [0.15, 0.2) is 18.2 Å². The standard InChI is InChI=1S/C15H23FN2O/c1-11(17)13-7-4-8-14(16)15(13)18(9-10-19)12-5-2-3-6-12/h4,7-8,11-12,19H,2-3,5-6,9-10,17H2,1H3. The molecule has 1 fully saturated rings. The second kappa shape index (κ2) is 6.35. The van der Waals surface area contributed by atoms with Crippen LogP contribution >= 0.6 is 0 Å². The number of nitrogens with two attached hydrogens (primary N) is 1. The van der Waals surface area contributed by atoms with Gasteiger partial charge >= 0.3 is 0 Å². The highest BCUT2D eigenvalue weighted by Crippen LogP contribution is 2.34. The van der Waals surface area contributed by atoms with E-state index in [-0.39, 0.29) is 18.5 Å². The summed E-state index contributed by atoms with van der Waals surface area (Å²) >= 11 is 0. The lowest BCUT2D eigenvalue weighted by Gasteiger charge is -2.33. The first-order chi connectivity index (χ1) is 9.15. The van der Waals surface area contributed by atoms with Crippen molar-refractivity contribution >= 4 is 5.69 Å². The first kappa shape index (κ1) is 14.3. The molecule has 1 saturated carbocycles. The lowest BCUT2D eigenvalue weighted by Crippen LogP contribution is -2.37. The van der Waals surface area contributed by atoms with Crippen molar-refractivity contribution < 1.29 is 9.50 Å². The summed E-state index contributed by atoms with van der Waals surface area (Å²) in [7, 11) is 0. The smallest absolute Gasteiger partial charge is 0.146 e. The van der Waals surface area contributed by atoms with Gasteiger partial charge in [0.1, 0.15) is 5.82 Å². The van der Waals surface area contributed by atoms with Crippen molar-refractivity contribution in [3.05, 3.63) is 29.6 Å². The third kappa shape index (κ3) is 3.07. The van der Waals surface area contributed by atoms with Crippen molar-refractivity contribution in [3.63, 3.8) is 0 Å². The summed E-state index contributed by atoms with van der Waals surface area (Å²) in [6.45, 7) is 2.36. The lowest BCUT2D eigenvalue weighted by atomic mass is 10.0. The molecular formula is C15H23FN2O. The molecule has 0 spiro atoms. The van der Waals surface area contributed by atoms with Crippen LogP contribution in [0.5, 0.6) is 0 Å². The maximum atomic E-state index is 14.3. The second-order valence-electron chi connectivity index (χ2n) is 5.32. The first-order valence-corrected chi connectivity index (χ1v) is 7.06. The molecule has 1 atom stereocenters. The Morgan fingerprint density at radius 3 is 2.68 bits per heavy atom. The third-order valence-electron chi connectivity index (χ3n) is 3.90. The van der Waals surface area contributed by atoms with Gasteiger partial charge in [0.2, 0.25) is 0 Å². The van der Waals surface area contributed by atoms with Crippen molar-refractivity contribution in [3.8, 4) is 0 Å². The Hall–Kier alpha value is -1.13. The predicted octanol–water partition coefficient (Wildman–Crippen LogP) is 2.59. The van der Waals surface area contributed by atoms with Crippen LogP contribution in [0, 0.1) is 5.82 Å². The molecule has 1 aliphatic rings. The quantitative estimate of drug-likeness (QED) is 0.861. The molecule has 0 aliphatic heterocycles. The second-order valence-corrected chi connectivity index (χ2v) is 5.32. The first-order valence-electron chi connectivity index (χ1n) is 7.06. The maximum Gasteiger partial charge on any atom is 0.146 e. The topological polar surface area (TPSA) is 49.5 Å². The van der Waals surface area contributed by atoms with Crippen LogP contribution < -0.4 is 10.6 Å². The van der Waals surface area contributed by atoms with E-state index >= 15 is 0 Å². The molecule has 1 aromatic rings. The van der Waals surface area contributed by atoms with E-state index in [4.69, 9.17) is 5.73 Å². The Bertz CT molecular complexity index is 417. The number of nitrogens with zero attached hydrogens (tertiary/aromatic N) is 1. The van der Waals surface area contributed by atoms with E-state index in [1.54, 1.807) is 6.07 Å². The van der Waals surface area contributed by atoms with E-state index in [1.165, 1.54) is 18.9 Å². The van der Waals surface area contributed by atoms with Gasteiger partial charge in [-0.05, 0) is 31.4 Å². The van der Waals surface area contributed by atoms with Gasteiger partial charge in [-0.1, -0.05) is 25.0 Å². The van der Waals surface area contributed by atoms with Gasteiger partial charge in [0, 0.05) is 18.6 Å². The monoisotopic (exact) mass is 266 g/mol. The van der Waals surface area contributed by atoms with E-state index in [0.717, 1.165) is 18.4 Å². The van der Waals surface area contributed by atoms with Crippen molar-refractivity contribution in [2.45, 2.75) is 44.7 Å². The Labute approximate surface area is 114 Å². The van der Waals surface area contributed by atoms with Gasteiger partial charge in [0.25, 0.3) is 0 Å². The SMILES string of the molecule is CC(N)c1cccc(F)c1N(CCO)C1CCCC1. The molecule has 1 unspecified atom stereocenters. The highest BCUT2D eigenvalue weighted by atomic mass is 19.1. The third-order valence-corrected chi connectivity index (χ3v) is 3.90. The summed E-state index contributed by atoms with van der Waals surface area (Å²) < 4.78 is 14.3. The van der Waals surface area contributed by atoms with E-state index in [1.807, 2.05) is 17.9 Å². The Balaban J connectivity index is 2.39. The molecular weight excluding hydrogens is 243 g/mol. The van der Waals surface area contributed by atoms with E-state index in [9.17, 15) is 9.50 Å². The molecule has 3 N–H and O–H groups in total. The van der Waals surface area contributed by atoms with Gasteiger partial charge in [0.05, 0.1) is 12.3 Å². The number of halogens is 1. The average Bonchev–Trinajstić information content (AvgIpc) is 2.89. The van der Waals surface area contributed by atoms with Gasteiger partial charge in [-0.2, -0.15) is 0 Å². The lowest BCUT2D eigenvalue weighted by molar-refractivity contribution is 0.296. The largest absolute Gasteiger partial charge is 0.395 e. The number of hydrogen-bond donors (Lipinski definition) is 2. The Morgan fingerprint density at radius 2 is 2.11 bits per heavy atom. The molecule has 1 aliphatic carbocycles. The highest BCUT2D eigenvalue weighted by Gasteiger charge is 2.26. The summed E-state index contributed by atoms with van der Waals surface area (Å²) in [6.07, 6.45) is 4.47. The zero-order valence-electron chi connectivity index (χ0n) is 11.5. The number of aliphatic hydroxyl groups excluding tert-OH is 1. The van der Waals surface area contributed by atoms with Gasteiger partial charge < -0.3 is 15.7 Å². The van der Waals surface area contributed by atoms with Crippen molar-refractivity contribution in [2.24, 2.45) is 5.73 Å². The minimum atomic E-state index is -0.241. The number of rotatable bonds is 5. The molecule has 1 aromatic carbocycles. The number of benzene rings is 1. The van der Waals surface area contributed by atoms with Gasteiger partial charge in [-0.15, -0.1) is 0 Å². The van der Waals surface area contributed by atoms with Crippen molar-refractivity contribution in [2.75, 3.05) is 18.1 Å². The molecule has 0 bridgehead atoms. The van der Waals surface area contributed by atoms with Gasteiger partial charge in [-0.3, -0.25) is 0 Å². The van der Waals surface area contributed by atoms with Gasteiger partial charge in [0.15, 0.2) is 0 Å². The van der Waals surface area contributed by atoms with Crippen LogP contribution in [0.4, 0.5) is 10.1 Å². The fourth-order valence-electron chi connectivity index (χ4n) is 3.00. The Morgan fingerprint density at radius 1 is 1.42 bits per heavy atom. The molecule has 19 heavy (non-hydrogen) atoms. The van der Waals surface area contributed by atoms with Crippen molar-refractivity contribution in [1.82, 2.24) is 0 Å². The zero-order valence-corrected chi connectivity index (χ0v) is 11.5. The molecule has 2 rings (SSSR count). The molecule has 3 nitrogen and oxygen atoms in total. The number of hydrogen-bond acceptors (Lipinski definition) is 3. The van der Waals surface area contributed by atoms with E-state index in [0.29, 0.717) is 18.3 Å². The van der Waals surface area contributed by atoms with Crippen LogP contribution in [0.25, 0.3) is 0 Å². The van der Waals surface area contributed by atoms with Crippen molar-refractivity contribution in [1.29, 1.82) is 0 Å². The van der Waals surface area contributed by atoms with Crippen LogP contribution in [0.3, 0.4) is 0 Å². The maximum absolute atomic E-state index is 14.3. The minimum Gasteiger partial charge on any atom is -0.395 e. The molecule has 106 valence electrons. The summed E-state index contributed by atoms with van der Waals surface area (Å²) in [4.78, 5) is 2.01. The molecule has 0 radical (unpaired) electrons. The number of anilines is 1. The fourth-order valence-corrected chi connectivity index (χ4v) is 3.00. The van der Waals surface area contributed by atoms with Crippen LogP contribution in [-0.2, 0) is 0 Å². The van der Waals surface area contributed by atoms with Gasteiger partial charge in [-0.25, -0.2) is 4.39 Å². The van der Waals surface area contributed by atoms with Crippen LogP contribution in [0.1, 0.15) is 44.2 Å². The number of para-hydroxylation sites is 1. The average molecular weight is 266 g/mol. The summed E-state index contributed by atoms with van der Waals surface area (Å²) in [5.74, 6) is -0.241. The molecule has 4 heteroatoms. The summed E-state index contributed by atoms with van der Waals surface area (Å²) in [5.41, 5.74) is 7.36. The fraction of sp³-hybridized carbons (Fsp3) is 0.600. The van der Waals surface area contributed by atoms with Crippen LogP contribution in [-0.4, -0.2) is 24.3 Å². The predicted molar refractivity (Wildman–Crippen MR) is 75.7 cm³/mol. The number of aliphatic hydroxyl groups is 1. The summed E-state index contributed by atoms with van der Waals surface area (Å²) in [6, 6.07) is 5.15. The normalized spacial score (nSPS) is 17.7. The Kier molecular flexibility index (Phi) is 4.77. The molecule has 0 saturated heterocycles. The van der Waals surface area contributed by atoms with E-state index in [2.05, 4.69) is 0 Å². The zero-order chi connectivity index (χ0) is 13.8. The molecule has 0 aromatic heterocycles. The molecule has 0 heterocycles. The highest BCUT2D eigenvalue weighted by molar-refractivity contribution is 5.57. The summed E-state index contributed by atoms with van der Waals surface area (Å²) in [5, 5.41) is 9.28.